The van der Waals surface area contributed by atoms with E-state index in [2.05, 4.69) is 10.6 Å². The van der Waals surface area contributed by atoms with Gasteiger partial charge in [0.15, 0.2) is 0 Å². The highest BCUT2D eigenvalue weighted by Gasteiger charge is 2.09. The summed E-state index contributed by atoms with van der Waals surface area (Å²) in [4.78, 5) is 22.1. The summed E-state index contributed by atoms with van der Waals surface area (Å²) in [6, 6.07) is 7.01. The van der Waals surface area contributed by atoms with Crippen LogP contribution in [0.2, 0.25) is 0 Å². The topological polar surface area (TPSA) is 84.2 Å². The van der Waals surface area contributed by atoms with Crippen molar-refractivity contribution in [3.05, 3.63) is 29.8 Å². The smallest absolute Gasteiger partial charge is 0.253 e. The Morgan fingerprint density at radius 3 is 2.60 bits per heavy atom. The number of carbonyl (C=O) groups excluding carboxylic acids is 2. The van der Waals surface area contributed by atoms with E-state index in [0.29, 0.717) is 11.3 Å². The molecule has 1 rings (SSSR count). The van der Waals surface area contributed by atoms with E-state index in [9.17, 15) is 9.59 Å². The molecule has 1 aromatic rings. The van der Waals surface area contributed by atoms with Gasteiger partial charge in [-0.3, -0.25) is 9.59 Å². The van der Waals surface area contributed by atoms with Gasteiger partial charge < -0.3 is 16.4 Å². The quantitative estimate of drug-likeness (QED) is 0.646. The summed E-state index contributed by atoms with van der Waals surface area (Å²) in [6.45, 7) is -0.156. The number of para-hydroxylation sites is 1. The number of anilines is 1. The number of nitrogens with one attached hydrogen (secondary N) is 2. The average molecular weight is 207 g/mol. The Kier molecular flexibility index (Phi) is 3.68. The third-order valence-electron chi connectivity index (χ3n) is 1.86. The van der Waals surface area contributed by atoms with Crippen molar-refractivity contribution in [1.29, 1.82) is 0 Å². The van der Waals surface area contributed by atoms with Gasteiger partial charge in [-0.1, -0.05) is 12.1 Å². The lowest BCUT2D eigenvalue weighted by Gasteiger charge is -2.08. The maximum Gasteiger partial charge on any atom is 0.253 e. The Balaban J connectivity index is 2.77. The van der Waals surface area contributed by atoms with Crippen LogP contribution in [-0.2, 0) is 4.79 Å². The number of amides is 2. The zero-order chi connectivity index (χ0) is 11.3. The molecule has 0 heterocycles. The Hall–Kier alpha value is -2.04. The average Bonchev–Trinajstić information content (AvgIpc) is 2.25. The van der Waals surface area contributed by atoms with Crippen molar-refractivity contribution in [3.63, 3.8) is 0 Å². The van der Waals surface area contributed by atoms with Gasteiger partial charge in [-0.25, -0.2) is 0 Å². The van der Waals surface area contributed by atoms with E-state index in [0.717, 1.165) is 0 Å². The van der Waals surface area contributed by atoms with Gasteiger partial charge >= 0.3 is 0 Å². The van der Waals surface area contributed by atoms with E-state index in [4.69, 9.17) is 5.73 Å². The number of hydrogen-bond donors (Lipinski definition) is 3. The van der Waals surface area contributed by atoms with Crippen LogP contribution in [-0.4, -0.2) is 25.4 Å². The highest BCUT2D eigenvalue weighted by Crippen LogP contribution is 2.13. The van der Waals surface area contributed by atoms with Crippen molar-refractivity contribution in [2.75, 3.05) is 18.9 Å². The molecule has 0 fully saturated rings. The number of primary amides is 1. The largest absolute Gasteiger partial charge is 0.387 e. The molecule has 0 unspecified atom stereocenters. The Bertz CT molecular complexity index is 377. The molecule has 0 aliphatic carbocycles. The second-order valence-electron chi connectivity index (χ2n) is 2.94. The molecule has 5 heteroatoms. The summed E-state index contributed by atoms with van der Waals surface area (Å²) < 4.78 is 0. The highest BCUT2D eigenvalue weighted by atomic mass is 16.2. The van der Waals surface area contributed by atoms with E-state index >= 15 is 0 Å². The second kappa shape index (κ2) is 4.99. The molecule has 1 aromatic carbocycles. The van der Waals surface area contributed by atoms with Crippen molar-refractivity contribution in [2.24, 2.45) is 5.73 Å². The van der Waals surface area contributed by atoms with Crippen LogP contribution in [0.25, 0.3) is 0 Å². The first kappa shape index (κ1) is 11.0. The molecule has 0 spiro atoms. The van der Waals surface area contributed by atoms with E-state index < -0.39 is 5.91 Å². The zero-order valence-electron chi connectivity index (χ0n) is 8.41. The predicted molar refractivity (Wildman–Crippen MR) is 57.5 cm³/mol. The van der Waals surface area contributed by atoms with Crippen molar-refractivity contribution < 1.29 is 9.59 Å². The lowest BCUT2D eigenvalue weighted by atomic mass is 10.1. The summed E-state index contributed by atoms with van der Waals surface area (Å²) in [5, 5.41) is 5.31. The zero-order valence-corrected chi connectivity index (χ0v) is 8.41. The Labute approximate surface area is 87.7 Å². The molecule has 5 nitrogen and oxygen atoms in total. The third kappa shape index (κ3) is 2.98. The second-order valence-corrected chi connectivity index (χ2v) is 2.94. The highest BCUT2D eigenvalue weighted by molar-refractivity contribution is 6.00. The van der Waals surface area contributed by atoms with Gasteiger partial charge in [-0.05, 0) is 12.1 Å². The number of carbonyl (C=O) groups is 2. The lowest BCUT2D eigenvalue weighted by Crippen LogP contribution is -2.33. The maximum atomic E-state index is 11.6. The van der Waals surface area contributed by atoms with Crippen LogP contribution in [0.15, 0.2) is 24.3 Å². The molecule has 0 saturated heterocycles. The summed E-state index contributed by atoms with van der Waals surface area (Å²) in [5.41, 5.74) is 6.12. The minimum absolute atomic E-state index is 0.156. The van der Waals surface area contributed by atoms with Crippen molar-refractivity contribution in [2.45, 2.75) is 0 Å². The molecular formula is C10H13N3O2. The molecule has 0 aromatic heterocycles. The molecule has 2 amide bonds. The van der Waals surface area contributed by atoms with Gasteiger partial charge in [0.1, 0.15) is 0 Å². The van der Waals surface area contributed by atoms with Crippen molar-refractivity contribution in [1.82, 2.24) is 5.32 Å². The maximum absolute atomic E-state index is 11.6. The molecule has 0 saturated carbocycles. The van der Waals surface area contributed by atoms with Crippen LogP contribution in [0.4, 0.5) is 5.69 Å². The summed E-state index contributed by atoms with van der Waals surface area (Å²) in [7, 11) is 1.72. The summed E-state index contributed by atoms with van der Waals surface area (Å²) in [6.07, 6.45) is 0. The normalized spacial score (nSPS) is 9.40. The van der Waals surface area contributed by atoms with Crippen LogP contribution in [0.5, 0.6) is 0 Å². The van der Waals surface area contributed by atoms with E-state index in [1.54, 1.807) is 25.2 Å². The van der Waals surface area contributed by atoms with Gasteiger partial charge in [0.05, 0.1) is 12.1 Å². The van der Waals surface area contributed by atoms with E-state index in [1.807, 2.05) is 6.07 Å². The molecule has 0 radical (unpaired) electrons. The minimum Gasteiger partial charge on any atom is -0.387 e. The number of nitrogens with two attached hydrogens (primary N) is 1. The van der Waals surface area contributed by atoms with Gasteiger partial charge in [-0.15, -0.1) is 0 Å². The SMILES string of the molecule is CNc1ccccc1C(=O)NCC(N)=O. The summed E-state index contributed by atoms with van der Waals surface area (Å²) >= 11 is 0. The van der Waals surface area contributed by atoms with Crippen LogP contribution in [0.1, 0.15) is 10.4 Å². The predicted octanol–water partition coefficient (Wildman–Crippen LogP) is -0.0566. The van der Waals surface area contributed by atoms with Gasteiger partial charge in [-0.2, -0.15) is 0 Å². The minimum atomic E-state index is -0.565. The molecule has 4 N–H and O–H groups in total. The van der Waals surface area contributed by atoms with Crippen molar-refractivity contribution in [3.8, 4) is 0 Å². The number of rotatable bonds is 4. The van der Waals surface area contributed by atoms with Gasteiger partial charge in [0.25, 0.3) is 5.91 Å². The Morgan fingerprint density at radius 1 is 1.33 bits per heavy atom. The number of benzene rings is 1. The van der Waals surface area contributed by atoms with E-state index in [-0.39, 0.29) is 12.5 Å². The first-order valence-electron chi connectivity index (χ1n) is 4.48. The molecule has 0 aliphatic heterocycles. The third-order valence-corrected chi connectivity index (χ3v) is 1.86. The van der Waals surface area contributed by atoms with Gasteiger partial charge in [0.2, 0.25) is 5.91 Å². The summed E-state index contributed by atoms with van der Waals surface area (Å²) in [5.74, 6) is -0.885. The first-order valence-corrected chi connectivity index (χ1v) is 4.48. The first-order chi connectivity index (χ1) is 7.15. The molecule has 0 atom stereocenters. The fraction of sp³-hybridized carbons (Fsp3) is 0.200. The van der Waals surface area contributed by atoms with Crippen LogP contribution < -0.4 is 16.4 Å². The van der Waals surface area contributed by atoms with Crippen LogP contribution in [0, 0.1) is 0 Å². The fourth-order valence-electron chi connectivity index (χ4n) is 1.16. The molecule has 0 aliphatic rings. The number of hydrogen-bond acceptors (Lipinski definition) is 3. The molecule has 80 valence electrons. The van der Waals surface area contributed by atoms with E-state index in [1.165, 1.54) is 0 Å². The van der Waals surface area contributed by atoms with Crippen LogP contribution >= 0.6 is 0 Å². The Morgan fingerprint density at radius 2 is 2.00 bits per heavy atom. The standard InChI is InChI=1S/C10H13N3O2/c1-12-8-5-3-2-4-7(8)10(15)13-6-9(11)14/h2-5,12H,6H2,1H3,(H2,11,14)(H,13,15). The van der Waals surface area contributed by atoms with Crippen molar-refractivity contribution >= 4 is 17.5 Å². The lowest BCUT2D eigenvalue weighted by molar-refractivity contribution is -0.117. The van der Waals surface area contributed by atoms with Gasteiger partial charge in [0, 0.05) is 12.7 Å². The fourth-order valence-corrected chi connectivity index (χ4v) is 1.16. The molecular weight excluding hydrogens is 194 g/mol. The monoisotopic (exact) mass is 207 g/mol. The molecule has 15 heavy (non-hydrogen) atoms. The van der Waals surface area contributed by atoms with Crippen LogP contribution in [0.3, 0.4) is 0 Å². The molecule has 0 bridgehead atoms.